The van der Waals surface area contributed by atoms with Crippen molar-refractivity contribution in [3.05, 3.63) is 156 Å². The molecule has 8 rings (SSSR count). The second-order valence-corrected chi connectivity index (χ2v) is 12.0. The summed E-state index contributed by atoms with van der Waals surface area (Å²) in [6.45, 7) is 2.34. The lowest BCUT2D eigenvalue weighted by Gasteiger charge is -2.29. The lowest BCUT2D eigenvalue weighted by molar-refractivity contribution is 0.648. The van der Waals surface area contributed by atoms with E-state index < -0.39 is 0 Å². The summed E-state index contributed by atoms with van der Waals surface area (Å²) in [5.41, 5.74) is 7.68. The van der Waals surface area contributed by atoms with Crippen molar-refractivity contribution in [2.24, 2.45) is 10.9 Å². The molecule has 2 heteroatoms. The van der Waals surface area contributed by atoms with Crippen LogP contribution >= 0.6 is 0 Å². The maximum Gasteiger partial charge on any atom is 0.140 e. The summed E-state index contributed by atoms with van der Waals surface area (Å²) in [5, 5.41) is 11.6. The fourth-order valence-electron chi connectivity index (χ4n) is 7.23. The first kappa shape index (κ1) is 25.7. The van der Waals surface area contributed by atoms with Gasteiger partial charge in [-0.05, 0) is 97.1 Å². The van der Waals surface area contributed by atoms with Crippen LogP contribution in [0.4, 0.5) is 0 Å². The third-order valence-corrected chi connectivity index (χ3v) is 9.35. The highest BCUT2D eigenvalue weighted by atomic mass is 15.1. The first-order valence-electron chi connectivity index (χ1n) is 15.4. The standard InChI is InChI=1S/C41H34N2/c1-27-11-9-20-32(29-21-22-37-35-18-6-5-16-33(35)34-17-7-8-19-36(34)38(37)26-29)40(27)31-15-10-14-30(25-31)39-23-24-42-41(43-39)28-12-3-2-4-13-28/h2-3,5-12,14-27,40-41,43H,4,13H2,1H3. The monoisotopic (exact) mass is 554 g/mol. The van der Waals surface area contributed by atoms with E-state index in [1.54, 1.807) is 0 Å². The van der Waals surface area contributed by atoms with Gasteiger partial charge in [-0.1, -0.05) is 122 Å². The molecule has 0 amide bonds. The molecule has 0 spiro atoms. The summed E-state index contributed by atoms with van der Waals surface area (Å²) in [5.74, 6) is 0.634. The number of nitrogens with one attached hydrogen (secondary N) is 1. The molecular weight excluding hydrogens is 520 g/mol. The predicted octanol–water partition coefficient (Wildman–Crippen LogP) is 10.1. The van der Waals surface area contributed by atoms with Crippen LogP contribution in [0.3, 0.4) is 0 Å². The molecule has 5 aromatic carbocycles. The molecule has 1 aliphatic heterocycles. The minimum atomic E-state index is 0.00380. The highest BCUT2D eigenvalue weighted by Gasteiger charge is 2.26. The molecule has 1 heterocycles. The van der Waals surface area contributed by atoms with Gasteiger partial charge in [0, 0.05) is 17.8 Å². The SMILES string of the molecule is CC1C=CC=C(c2ccc3c4ccccc4c4ccccc4c3c2)C1c1cccc(C2=CC=NC(C3=CC=CCC3)N2)c1. The van der Waals surface area contributed by atoms with Crippen molar-refractivity contribution in [1.29, 1.82) is 0 Å². The number of allylic oxidation sites excluding steroid dienone is 8. The summed E-state index contributed by atoms with van der Waals surface area (Å²) in [7, 11) is 0. The van der Waals surface area contributed by atoms with E-state index in [-0.39, 0.29) is 12.1 Å². The van der Waals surface area contributed by atoms with Crippen molar-refractivity contribution >= 4 is 49.8 Å². The van der Waals surface area contributed by atoms with Gasteiger partial charge < -0.3 is 5.32 Å². The van der Waals surface area contributed by atoms with Gasteiger partial charge in [0.2, 0.25) is 0 Å². The molecule has 43 heavy (non-hydrogen) atoms. The molecule has 0 bridgehead atoms. The van der Waals surface area contributed by atoms with Gasteiger partial charge in [0.15, 0.2) is 0 Å². The number of aliphatic imine (C=N–C) groups is 1. The number of nitrogens with zero attached hydrogens (tertiary/aromatic N) is 1. The lowest BCUT2D eigenvalue weighted by Crippen LogP contribution is -2.30. The molecule has 0 saturated carbocycles. The van der Waals surface area contributed by atoms with Crippen LogP contribution in [0, 0.1) is 5.92 Å². The molecular formula is C41H34N2. The van der Waals surface area contributed by atoms with Crippen molar-refractivity contribution < 1.29 is 0 Å². The second-order valence-electron chi connectivity index (χ2n) is 12.0. The van der Waals surface area contributed by atoms with E-state index in [9.17, 15) is 0 Å². The Morgan fingerprint density at radius 2 is 1.42 bits per heavy atom. The van der Waals surface area contributed by atoms with Gasteiger partial charge in [-0.2, -0.15) is 0 Å². The summed E-state index contributed by atoms with van der Waals surface area (Å²) in [4.78, 5) is 4.74. The molecule has 2 nitrogen and oxygen atoms in total. The quantitative estimate of drug-likeness (QED) is 0.220. The first-order valence-corrected chi connectivity index (χ1v) is 15.4. The summed E-state index contributed by atoms with van der Waals surface area (Å²) < 4.78 is 0. The van der Waals surface area contributed by atoms with Crippen LogP contribution in [-0.4, -0.2) is 12.4 Å². The Kier molecular flexibility index (Phi) is 6.41. The molecule has 2 aliphatic carbocycles. The number of rotatable bonds is 4. The Hall–Kier alpha value is -4.95. The zero-order valence-corrected chi connectivity index (χ0v) is 24.4. The van der Waals surface area contributed by atoms with Crippen LogP contribution in [0.5, 0.6) is 0 Å². The van der Waals surface area contributed by atoms with Crippen molar-refractivity contribution in [2.75, 3.05) is 0 Å². The second kappa shape index (κ2) is 10.7. The number of hydrogen-bond donors (Lipinski definition) is 1. The normalized spacial score (nSPS) is 21.5. The first-order chi connectivity index (χ1) is 21.2. The number of fused-ring (bicyclic) bond motifs is 6. The maximum absolute atomic E-state index is 4.74. The van der Waals surface area contributed by atoms with Gasteiger partial charge in [0.1, 0.15) is 6.17 Å². The smallest absolute Gasteiger partial charge is 0.140 e. The summed E-state index contributed by atoms with van der Waals surface area (Å²) in [6.07, 6.45) is 19.7. The molecule has 0 saturated heterocycles. The van der Waals surface area contributed by atoms with Gasteiger partial charge in [-0.3, -0.25) is 4.99 Å². The van der Waals surface area contributed by atoms with E-state index >= 15 is 0 Å². The predicted molar refractivity (Wildman–Crippen MR) is 184 cm³/mol. The molecule has 0 radical (unpaired) electrons. The van der Waals surface area contributed by atoms with Gasteiger partial charge in [0.25, 0.3) is 0 Å². The Bertz CT molecular complexity index is 2050. The van der Waals surface area contributed by atoms with Crippen molar-refractivity contribution in [1.82, 2.24) is 5.32 Å². The number of hydrogen-bond acceptors (Lipinski definition) is 2. The van der Waals surface area contributed by atoms with E-state index in [0.717, 1.165) is 18.5 Å². The molecule has 1 N–H and O–H groups in total. The third-order valence-electron chi connectivity index (χ3n) is 9.35. The minimum Gasteiger partial charge on any atom is -0.360 e. The largest absolute Gasteiger partial charge is 0.360 e. The van der Waals surface area contributed by atoms with E-state index in [1.807, 2.05) is 6.21 Å². The highest BCUT2D eigenvalue weighted by Crippen LogP contribution is 2.44. The Morgan fingerprint density at radius 3 is 2.16 bits per heavy atom. The van der Waals surface area contributed by atoms with Crippen LogP contribution in [0.25, 0.3) is 43.6 Å². The van der Waals surface area contributed by atoms with Crippen LogP contribution < -0.4 is 5.32 Å². The average molecular weight is 555 g/mol. The molecule has 3 atom stereocenters. The molecule has 208 valence electrons. The van der Waals surface area contributed by atoms with E-state index in [1.165, 1.54) is 60.2 Å². The average Bonchev–Trinajstić information content (AvgIpc) is 3.08. The summed E-state index contributed by atoms with van der Waals surface area (Å²) >= 11 is 0. The molecule has 0 fully saturated rings. The highest BCUT2D eigenvalue weighted by molar-refractivity contribution is 6.25. The van der Waals surface area contributed by atoms with Crippen molar-refractivity contribution in [3.63, 3.8) is 0 Å². The Morgan fingerprint density at radius 1 is 0.674 bits per heavy atom. The maximum atomic E-state index is 4.74. The summed E-state index contributed by atoms with van der Waals surface area (Å²) in [6, 6.07) is 33.8. The fraction of sp³-hybridized carbons (Fsp3) is 0.146. The van der Waals surface area contributed by atoms with E-state index in [2.05, 4.69) is 146 Å². The van der Waals surface area contributed by atoms with Gasteiger partial charge in [0.05, 0.1) is 0 Å². The minimum absolute atomic E-state index is 0.00380. The van der Waals surface area contributed by atoms with Crippen LogP contribution in [0.1, 0.15) is 42.4 Å². The molecule has 0 aromatic heterocycles. The van der Waals surface area contributed by atoms with E-state index in [0.29, 0.717) is 5.92 Å². The number of benzene rings is 5. The van der Waals surface area contributed by atoms with Crippen LogP contribution in [-0.2, 0) is 0 Å². The van der Waals surface area contributed by atoms with Gasteiger partial charge >= 0.3 is 0 Å². The Labute approximate surface area is 253 Å². The van der Waals surface area contributed by atoms with Gasteiger partial charge in [-0.25, -0.2) is 0 Å². The van der Waals surface area contributed by atoms with E-state index in [4.69, 9.17) is 4.99 Å². The van der Waals surface area contributed by atoms with Crippen molar-refractivity contribution in [2.45, 2.75) is 31.8 Å². The van der Waals surface area contributed by atoms with Crippen molar-refractivity contribution in [3.8, 4) is 0 Å². The molecule has 3 aliphatic rings. The molecule has 3 unspecified atom stereocenters. The topological polar surface area (TPSA) is 24.4 Å². The lowest BCUT2D eigenvalue weighted by atomic mass is 9.75. The zero-order valence-electron chi connectivity index (χ0n) is 24.4. The fourth-order valence-corrected chi connectivity index (χ4v) is 7.23. The Balaban J connectivity index is 1.19. The van der Waals surface area contributed by atoms with Gasteiger partial charge in [-0.15, -0.1) is 0 Å². The molecule has 5 aromatic rings. The third kappa shape index (κ3) is 4.55. The van der Waals surface area contributed by atoms with Crippen LogP contribution in [0.15, 0.2) is 144 Å². The van der Waals surface area contributed by atoms with Crippen LogP contribution in [0.2, 0.25) is 0 Å². The zero-order chi connectivity index (χ0) is 28.8.